The summed E-state index contributed by atoms with van der Waals surface area (Å²) < 4.78 is 9.67. The number of carbonyl (C=O) groups is 2. The van der Waals surface area contributed by atoms with Gasteiger partial charge in [0.25, 0.3) is 11.5 Å². The molecule has 5 aromatic rings. The number of para-hydroxylation sites is 1. The number of amides is 1. The molecule has 0 saturated heterocycles. The fraction of sp³-hybridized carbons (Fsp3) is 0.167. The second kappa shape index (κ2) is 12.5. The Kier molecular flexibility index (Phi) is 8.29. The summed E-state index contributed by atoms with van der Waals surface area (Å²) in [4.78, 5) is 44.9. The monoisotopic (exact) mass is 632 g/mol. The fourth-order valence-electron chi connectivity index (χ4n) is 5.81. The Morgan fingerprint density at radius 2 is 1.74 bits per heavy atom. The summed E-state index contributed by atoms with van der Waals surface area (Å²) in [5.74, 6) is -0.647. The van der Waals surface area contributed by atoms with Crippen LogP contribution in [0.4, 0.5) is 5.69 Å². The highest BCUT2D eigenvalue weighted by atomic mass is 32.1. The van der Waals surface area contributed by atoms with Gasteiger partial charge in [0.2, 0.25) is 0 Å². The Balaban J connectivity index is 1.48. The molecule has 1 atom stereocenters. The van der Waals surface area contributed by atoms with Crippen LogP contribution in [0.15, 0.2) is 106 Å². The molecule has 2 N–H and O–H groups in total. The average Bonchev–Trinajstić information content (AvgIpc) is 3.50. The first-order valence-corrected chi connectivity index (χ1v) is 15.6. The maximum absolute atomic E-state index is 14.2. The molecule has 0 spiro atoms. The number of carbonyl (C=O) groups excluding carboxylic acids is 1. The third-order valence-electron chi connectivity index (χ3n) is 7.91. The predicted molar refractivity (Wildman–Crippen MR) is 179 cm³/mol. The van der Waals surface area contributed by atoms with Crippen molar-refractivity contribution in [3.8, 4) is 11.4 Å². The van der Waals surface area contributed by atoms with Gasteiger partial charge in [-0.05, 0) is 93.4 Å². The maximum atomic E-state index is 14.2. The van der Waals surface area contributed by atoms with Crippen molar-refractivity contribution in [2.24, 2.45) is 4.99 Å². The van der Waals surface area contributed by atoms with Crippen molar-refractivity contribution in [1.29, 1.82) is 0 Å². The summed E-state index contributed by atoms with van der Waals surface area (Å²) >= 11 is 1.26. The minimum absolute atomic E-state index is 0.191. The number of aromatic carboxylic acids is 1. The van der Waals surface area contributed by atoms with Crippen LogP contribution < -0.4 is 24.9 Å². The van der Waals surface area contributed by atoms with Gasteiger partial charge in [-0.15, -0.1) is 0 Å². The lowest BCUT2D eigenvalue weighted by molar-refractivity contribution is -0.113. The molecule has 1 amide bonds. The highest BCUT2D eigenvalue weighted by molar-refractivity contribution is 7.07. The number of aryl methyl sites for hydroxylation is 1. The number of carboxylic acids is 1. The van der Waals surface area contributed by atoms with Crippen molar-refractivity contribution < 1.29 is 19.4 Å². The number of hydrogen-bond acceptors (Lipinski definition) is 6. The Labute approximate surface area is 269 Å². The summed E-state index contributed by atoms with van der Waals surface area (Å²) in [6, 6.07) is 24.6. The molecule has 2 aromatic heterocycles. The second-order valence-corrected chi connectivity index (χ2v) is 11.9. The molecule has 1 aliphatic heterocycles. The average molecular weight is 633 g/mol. The van der Waals surface area contributed by atoms with E-state index in [2.05, 4.69) is 5.32 Å². The van der Waals surface area contributed by atoms with Crippen LogP contribution >= 0.6 is 11.3 Å². The molecular weight excluding hydrogens is 600 g/mol. The first kappa shape index (κ1) is 30.5. The minimum atomic E-state index is -1.00. The highest BCUT2D eigenvalue weighted by Crippen LogP contribution is 2.32. The fourth-order valence-corrected chi connectivity index (χ4v) is 6.85. The maximum Gasteiger partial charge on any atom is 0.335 e. The number of aromatic nitrogens is 2. The third kappa shape index (κ3) is 5.70. The van der Waals surface area contributed by atoms with Gasteiger partial charge >= 0.3 is 5.97 Å². The van der Waals surface area contributed by atoms with E-state index in [-0.39, 0.29) is 17.0 Å². The van der Waals surface area contributed by atoms with Crippen molar-refractivity contribution in [2.75, 3.05) is 11.9 Å². The van der Waals surface area contributed by atoms with Crippen molar-refractivity contribution in [2.45, 2.75) is 33.7 Å². The van der Waals surface area contributed by atoms with Crippen LogP contribution in [0.1, 0.15) is 52.8 Å². The van der Waals surface area contributed by atoms with Gasteiger partial charge in [0.1, 0.15) is 5.75 Å². The Bertz CT molecular complexity index is 2190. The SMILES string of the molecule is CCOc1ccc([C@H]2C(C(=O)Nc3ccccc3)=C(C)N=c3s/c(=C\c4cc(C)n(-c5cccc(C(=O)O)c5)c4C)c(=O)n32)cc1. The number of carboxylic acid groups (broad SMARTS) is 1. The zero-order valence-corrected chi connectivity index (χ0v) is 26.6. The largest absolute Gasteiger partial charge is 0.494 e. The standard InChI is InChI=1S/C36H32N4O5S/c1-5-45-29-16-14-24(15-17-29)32-31(33(41)38-27-11-7-6-8-12-27)22(3)37-36-40(32)34(42)30(46-36)20-26-18-21(2)39(23(26)4)28-13-9-10-25(19-28)35(43)44/h6-20,32H,5H2,1-4H3,(H,38,41)(H,43,44)/b30-20-/t32-/m0/s1. The van der Waals surface area contributed by atoms with Gasteiger partial charge < -0.3 is 19.7 Å². The van der Waals surface area contributed by atoms with Crippen LogP contribution in [0.3, 0.4) is 0 Å². The van der Waals surface area contributed by atoms with Gasteiger partial charge in [0, 0.05) is 22.8 Å². The minimum Gasteiger partial charge on any atom is -0.494 e. The molecule has 0 fully saturated rings. The number of hydrogen-bond donors (Lipinski definition) is 2. The summed E-state index contributed by atoms with van der Waals surface area (Å²) in [6.07, 6.45) is 1.84. The van der Waals surface area contributed by atoms with Crippen molar-refractivity contribution >= 4 is 35.0 Å². The van der Waals surface area contributed by atoms with E-state index in [1.807, 2.05) is 98.1 Å². The van der Waals surface area contributed by atoms with E-state index in [4.69, 9.17) is 9.73 Å². The number of benzene rings is 3. The Morgan fingerprint density at radius 3 is 2.43 bits per heavy atom. The molecule has 46 heavy (non-hydrogen) atoms. The number of nitrogens with one attached hydrogen (secondary N) is 1. The summed E-state index contributed by atoms with van der Waals surface area (Å²) in [5.41, 5.74) is 5.50. The van der Waals surface area contributed by atoms with Crippen LogP contribution in [-0.4, -0.2) is 32.7 Å². The molecule has 0 unspecified atom stereocenters. The number of allylic oxidation sites excluding steroid dienone is 1. The van der Waals surface area contributed by atoms with Gasteiger partial charge in [-0.1, -0.05) is 47.7 Å². The summed E-state index contributed by atoms with van der Waals surface area (Å²) in [7, 11) is 0. The molecule has 232 valence electrons. The lowest BCUT2D eigenvalue weighted by Gasteiger charge is -2.25. The molecule has 1 aliphatic rings. The van der Waals surface area contributed by atoms with Crippen LogP contribution in [0.2, 0.25) is 0 Å². The van der Waals surface area contributed by atoms with Crippen molar-refractivity contribution in [3.05, 3.63) is 144 Å². The van der Waals surface area contributed by atoms with Crippen LogP contribution in [0, 0.1) is 13.8 Å². The predicted octanol–water partition coefficient (Wildman–Crippen LogP) is 5.38. The van der Waals surface area contributed by atoms with Gasteiger partial charge in [-0.2, -0.15) is 0 Å². The van der Waals surface area contributed by atoms with Gasteiger partial charge in [-0.25, -0.2) is 9.79 Å². The third-order valence-corrected chi connectivity index (χ3v) is 8.90. The molecule has 3 heterocycles. The smallest absolute Gasteiger partial charge is 0.335 e. The van der Waals surface area contributed by atoms with E-state index in [9.17, 15) is 19.5 Å². The van der Waals surface area contributed by atoms with E-state index in [1.54, 1.807) is 29.7 Å². The van der Waals surface area contributed by atoms with Gasteiger partial charge in [0.05, 0.1) is 34.0 Å². The lowest BCUT2D eigenvalue weighted by Crippen LogP contribution is -2.40. The van der Waals surface area contributed by atoms with Crippen LogP contribution in [-0.2, 0) is 4.79 Å². The quantitative estimate of drug-likeness (QED) is 0.239. The molecule has 9 nitrogen and oxygen atoms in total. The molecule has 0 aliphatic carbocycles. The Hall–Kier alpha value is -5.48. The topological polar surface area (TPSA) is 115 Å². The summed E-state index contributed by atoms with van der Waals surface area (Å²) in [5, 5.41) is 12.5. The number of ether oxygens (including phenoxy) is 1. The number of thiazole rings is 1. The van der Waals surface area contributed by atoms with E-state index in [1.165, 1.54) is 11.3 Å². The molecule has 0 radical (unpaired) electrons. The van der Waals surface area contributed by atoms with E-state index in [0.29, 0.717) is 38.6 Å². The van der Waals surface area contributed by atoms with Crippen molar-refractivity contribution in [1.82, 2.24) is 9.13 Å². The zero-order chi connectivity index (χ0) is 32.5. The van der Waals surface area contributed by atoms with Crippen LogP contribution in [0.5, 0.6) is 5.75 Å². The first-order chi connectivity index (χ1) is 22.2. The van der Waals surface area contributed by atoms with E-state index in [0.717, 1.165) is 28.2 Å². The number of fused-ring (bicyclic) bond motifs is 1. The first-order valence-electron chi connectivity index (χ1n) is 14.8. The zero-order valence-electron chi connectivity index (χ0n) is 25.8. The number of anilines is 1. The lowest BCUT2D eigenvalue weighted by atomic mass is 9.95. The normalized spacial score (nSPS) is 14.5. The van der Waals surface area contributed by atoms with E-state index < -0.39 is 12.0 Å². The summed E-state index contributed by atoms with van der Waals surface area (Å²) in [6.45, 7) is 8.09. The number of nitrogens with zero attached hydrogens (tertiary/aromatic N) is 3. The number of rotatable bonds is 8. The van der Waals surface area contributed by atoms with Gasteiger partial charge in [0.15, 0.2) is 4.80 Å². The molecule has 3 aromatic carbocycles. The van der Waals surface area contributed by atoms with Crippen LogP contribution in [0.25, 0.3) is 11.8 Å². The molecule has 0 saturated carbocycles. The second-order valence-electron chi connectivity index (χ2n) is 10.9. The Morgan fingerprint density at radius 1 is 1.00 bits per heavy atom. The molecule has 6 rings (SSSR count). The molecular formula is C36H32N4O5S. The molecule has 10 heteroatoms. The molecule has 0 bridgehead atoms. The van der Waals surface area contributed by atoms with Gasteiger partial charge in [-0.3, -0.25) is 14.2 Å². The van der Waals surface area contributed by atoms with Crippen molar-refractivity contribution in [3.63, 3.8) is 0 Å². The highest BCUT2D eigenvalue weighted by Gasteiger charge is 2.32. The van der Waals surface area contributed by atoms with E-state index >= 15 is 0 Å².